The third-order valence-corrected chi connectivity index (χ3v) is 6.48. The Morgan fingerprint density at radius 3 is 1.10 bits per heavy atom. The molecule has 0 aromatic carbocycles. The Balaban J connectivity index is 2.73. The van der Waals surface area contributed by atoms with E-state index in [1.165, 1.54) is 39.0 Å². The van der Waals surface area contributed by atoms with Crippen molar-refractivity contribution in [3.8, 4) is 0 Å². The molecule has 0 radical (unpaired) electrons. The van der Waals surface area contributed by atoms with Gasteiger partial charge in [0.25, 0.3) is 0 Å². The van der Waals surface area contributed by atoms with Crippen LogP contribution in [0.2, 0.25) is 0 Å². The summed E-state index contributed by atoms with van der Waals surface area (Å²) in [6.07, 6.45) is 3.56. The summed E-state index contributed by atoms with van der Waals surface area (Å²) >= 11 is 0. The lowest BCUT2D eigenvalue weighted by atomic mass is 9.78. The van der Waals surface area contributed by atoms with Crippen LogP contribution < -0.4 is 5.32 Å². The van der Waals surface area contributed by atoms with E-state index in [0.717, 1.165) is 6.42 Å². The zero-order chi connectivity index (χ0) is 23.8. The fraction of sp³-hybridized carbons (Fsp3) is 1.00. The minimum atomic E-state index is 0.0981. The van der Waals surface area contributed by atoms with Crippen molar-refractivity contribution in [2.24, 2.45) is 10.8 Å². The van der Waals surface area contributed by atoms with Crippen LogP contribution in [0, 0.1) is 10.8 Å². The highest BCUT2D eigenvalue weighted by Gasteiger charge is 2.40. The van der Waals surface area contributed by atoms with Crippen molar-refractivity contribution in [2.75, 3.05) is 26.2 Å². The second-order valence-electron chi connectivity index (χ2n) is 15.1. The Labute approximate surface area is 190 Å². The lowest BCUT2D eigenvalue weighted by Gasteiger charge is -2.52. The quantitative estimate of drug-likeness (QED) is 0.476. The van der Waals surface area contributed by atoms with E-state index in [4.69, 9.17) is 0 Å². The predicted molar refractivity (Wildman–Crippen MR) is 135 cm³/mol. The van der Waals surface area contributed by atoms with Crippen molar-refractivity contribution < 1.29 is 0 Å². The van der Waals surface area contributed by atoms with Gasteiger partial charge >= 0.3 is 0 Å². The summed E-state index contributed by atoms with van der Waals surface area (Å²) in [6.45, 7) is 38.1. The molecule has 0 spiro atoms. The lowest BCUT2D eigenvalue weighted by molar-refractivity contribution is -0.0158. The van der Waals surface area contributed by atoms with Gasteiger partial charge in [-0.15, -0.1) is 0 Å². The van der Waals surface area contributed by atoms with Crippen molar-refractivity contribution in [3.63, 3.8) is 0 Å². The smallest absolute Gasteiger partial charge is 0.0171 e. The van der Waals surface area contributed by atoms with Gasteiger partial charge in [-0.2, -0.15) is 0 Å². The number of hydrogen-bond donors (Lipinski definition) is 1. The first kappa shape index (κ1) is 27.9. The molecule has 30 heavy (non-hydrogen) atoms. The molecule has 1 saturated heterocycles. The van der Waals surface area contributed by atoms with E-state index in [9.17, 15) is 0 Å². The maximum absolute atomic E-state index is 4.01. The molecule has 0 atom stereocenters. The van der Waals surface area contributed by atoms with E-state index in [0.29, 0.717) is 10.8 Å². The highest BCUT2D eigenvalue weighted by Crippen LogP contribution is 2.35. The van der Waals surface area contributed by atoms with Gasteiger partial charge in [-0.25, -0.2) is 0 Å². The van der Waals surface area contributed by atoms with Crippen LogP contribution in [0.3, 0.4) is 0 Å². The van der Waals surface area contributed by atoms with Crippen LogP contribution in [-0.4, -0.2) is 58.1 Å². The van der Waals surface area contributed by atoms with Crippen LogP contribution in [0.15, 0.2) is 0 Å². The molecule has 0 bridgehead atoms. The molecule has 1 fully saturated rings. The highest BCUT2D eigenvalue weighted by molar-refractivity contribution is 4.99. The van der Waals surface area contributed by atoms with Gasteiger partial charge in [0, 0.05) is 48.3 Å². The SMILES string of the molecule is CC(C)(C)CC(C)(C)NC(C)(C)CC(C)(C)N1CCN(C(C)(C)CC(C)(C)C)CC1. The molecule has 0 aliphatic carbocycles. The van der Waals surface area contributed by atoms with Gasteiger partial charge < -0.3 is 5.32 Å². The zero-order valence-corrected chi connectivity index (χ0v) is 23.3. The standard InChI is InChI=1S/C27H57N3/c1-22(2,3)19-24(7,8)28-25(9,10)21-27(13,14)30-17-15-29(16-18-30)26(11,12)20-23(4,5)6/h28H,15-21H2,1-14H3. The Bertz CT molecular complexity index is 535. The van der Waals surface area contributed by atoms with E-state index in [-0.39, 0.29) is 22.2 Å². The first-order valence-electron chi connectivity index (χ1n) is 12.3. The van der Waals surface area contributed by atoms with Crippen LogP contribution in [0.1, 0.15) is 116 Å². The summed E-state index contributed by atoms with van der Waals surface area (Å²) < 4.78 is 0. The highest BCUT2D eigenvalue weighted by atomic mass is 15.3. The summed E-state index contributed by atoms with van der Waals surface area (Å²) in [6, 6.07) is 0. The van der Waals surface area contributed by atoms with E-state index in [1.54, 1.807) is 0 Å². The summed E-state index contributed by atoms with van der Waals surface area (Å²) in [5.41, 5.74) is 1.39. The number of rotatable bonds is 8. The molecule has 0 aromatic rings. The molecule has 1 aliphatic rings. The van der Waals surface area contributed by atoms with Crippen LogP contribution in [0.25, 0.3) is 0 Å². The molecule has 0 unspecified atom stereocenters. The fourth-order valence-corrected chi connectivity index (χ4v) is 6.85. The van der Waals surface area contributed by atoms with Crippen molar-refractivity contribution >= 4 is 0 Å². The average molecular weight is 424 g/mol. The molecule has 0 saturated carbocycles. The molecule has 0 amide bonds. The van der Waals surface area contributed by atoms with Gasteiger partial charge in [0.2, 0.25) is 0 Å². The van der Waals surface area contributed by atoms with Crippen LogP contribution >= 0.6 is 0 Å². The monoisotopic (exact) mass is 423 g/mol. The third-order valence-electron chi connectivity index (χ3n) is 6.48. The van der Waals surface area contributed by atoms with Crippen LogP contribution in [0.5, 0.6) is 0 Å². The van der Waals surface area contributed by atoms with E-state index < -0.39 is 0 Å². The summed E-state index contributed by atoms with van der Waals surface area (Å²) in [7, 11) is 0. The molecular formula is C27H57N3. The summed E-state index contributed by atoms with van der Waals surface area (Å²) in [4.78, 5) is 5.46. The van der Waals surface area contributed by atoms with E-state index in [1.807, 2.05) is 0 Å². The van der Waals surface area contributed by atoms with E-state index in [2.05, 4.69) is 112 Å². The Kier molecular flexibility index (Phi) is 8.40. The first-order valence-corrected chi connectivity index (χ1v) is 12.3. The summed E-state index contributed by atoms with van der Waals surface area (Å²) in [5.74, 6) is 0. The largest absolute Gasteiger partial charge is 0.307 e. The first-order chi connectivity index (χ1) is 13.0. The van der Waals surface area contributed by atoms with Crippen molar-refractivity contribution in [1.82, 2.24) is 15.1 Å². The lowest BCUT2D eigenvalue weighted by Crippen LogP contribution is -2.62. The van der Waals surface area contributed by atoms with Gasteiger partial charge in [-0.05, 0) is 85.5 Å². The normalized spacial score (nSPS) is 19.4. The molecule has 1 N–H and O–H groups in total. The van der Waals surface area contributed by atoms with Gasteiger partial charge in [-0.1, -0.05) is 41.5 Å². The molecule has 1 heterocycles. The number of nitrogens with one attached hydrogen (secondary N) is 1. The average Bonchev–Trinajstić information content (AvgIpc) is 2.39. The maximum atomic E-state index is 4.01. The number of hydrogen-bond acceptors (Lipinski definition) is 3. The second kappa shape index (κ2) is 9.02. The minimum Gasteiger partial charge on any atom is -0.307 e. The topological polar surface area (TPSA) is 18.5 Å². The fourth-order valence-electron chi connectivity index (χ4n) is 6.85. The molecule has 3 nitrogen and oxygen atoms in total. The second-order valence-corrected chi connectivity index (χ2v) is 15.1. The Hall–Kier alpha value is -0.120. The van der Waals surface area contributed by atoms with Gasteiger partial charge in [-0.3, -0.25) is 9.80 Å². The van der Waals surface area contributed by atoms with Gasteiger partial charge in [0.15, 0.2) is 0 Å². The van der Waals surface area contributed by atoms with Crippen molar-refractivity contribution in [3.05, 3.63) is 0 Å². The molecule has 0 aromatic heterocycles. The van der Waals surface area contributed by atoms with Gasteiger partial charge in [0.1, 0.15) is 0 Å². The van der Waals surface area contributed by atoms with Gasteiger partial charge in [0.05, 0.1) is 0 Å². The zero-order valence-electron chi connectivity index (χ0n) is 23.3. The molecule has 180 valence electrons. The van der Waals surface area contributed by atoms with Crippen LogP contribution in [0.4, 0.5) is 0 Å². The number of piperazine rings is 1. The molecule has 1 rings (SSSR count). The van der Waals surface area contributed by atoms with E-state index >= 15 is 0 Å². The molecule has 1 aliphatic heterocycles. The third kappa shape index (κ3) is 9.57. The summed E-state index contributed by atoms with van der Waals surface area (Å²) in [5, 5.41) is 4.01. The Morgan fingerprint density at radius 1 is 0.467 bits per heavy atom. The maximum Gasteiger partial charge on any atom is 0.0171 e. The minimum absolute atomic E-state index is 0.0981. The predicted octanol–water partition coefficient (Wildman–Crippen LogP) is 6.57. The van der Waals surface area contributed by atoms with Crippen molar-refractivity contribution in [1.29, 1.82) is 0 Å². The Morgan fingerprint density at radius 2 is 0.767 bits per heavy atom. The molecular weight excluding hydrogens is 366 g/mol. The van der Waals surface area contributed by atoms with Crippen molar-refractivity contribution in [2.45, 2.75) is 138 Å². The van der Waals surface area contributed by atoms with Crippen LogP contribution in [-0.2, 0) is 0 Å². The molecule has 3 heteroatoms. The number of nitrogens with zero attached hydrogens (tertiary/aromatic N) is 2.